The fraction of sp³-hybridized carbons (Fsp3) is 0.571. The molecule has 0 radical (unpaired) electrons. The highest BCUT2D eigenvalue weighted by Gasteiger charge is 2.16. The van der Waals surface area contributed by atoms with Crippen molar-refractivity contribution in [3.05, 3.63) is 23.4 Å². The highest BCUT2D eigenvalue weighted by molar-refractivity contribution is 5.94. The van der Waals surface area contributed by atoms with Gasteiger partial charge in [-0.15, -0.1) is 0 Å². The first-order valence-corrected chi connectivity index (χ1v) is 6.73. The number of rotatable bonds is 5. The molecule has 1 atom stereocenters. The molecule has 2 rings (SSSR count). The molecule has 1 aromatic rings. The van der Waals surface area contributed by atoms with Gasteiger partial charge in [-0.05, 0) is 44.2 Å². The first kappa shape index (κ1) is 13.8. The summed E-state index contributed by atoms with van der Waals surface area (Å²) in [4.78, 5) is 15.3. The van der Waals surface area contributed by atoms with E-state index in [-0.39, 0.29) is 5.56 Å². The van der Waals surface area contributed by atoms with Gasteiger partial charge >= 0.3 is 5.97 Å². The molecule has 1 aliphatic heterocycles. The van der Waals surface area contributed by atoms with Gasteiger partial charge in [-0.25, -0.2) is 9.78 Å². The van der Waals surface area contributed by atoms with Crippen molar-refractivity contribution >= 4 is 11.8 Å². The maximum absolute atomic E-state index is 11.2. The Morgan fingerprint density at radius 2 is 2.42 bits per heavy atom. The van der Waals surface area contributed by atoms with Crippen LogP contribution < -0.4 is 5.32 Å². The number of nitrogens with zero attached hydrogens (tertiary/aromatic N) is 1. The molecule has 1 fully saturated rings. The van der Waals surface area contributed by atoms with Gasteiger partial charge < -0.3 is 15.2 Å². The van der Waals surface area contributed by atoms with E-state index in [0.29, 0.717) is 18.5 Å². The normalized spacial score (nSPS) is 19.1. The zero-order valence-electron chi connectivity index (χ0n) is 11.2. The van der Waals surface area contributed by atoms with E-state index >= 15 is 0 Å². The van der Waals surface area contributed by atoms with E-state index in [2.05, 4.69) is 10.3 Å². The van der Waals surface area contributed by atoms with Crippen molar-refractivity contribution in [2.24, 2.45) is 0 Å². The SMILES string of the molecule is Cc1ccnc(NCCC2CCCCO2)c1C(=O)O. The van der Waals surface area contributed by atoms with Crippen LogP contribution in [0, 0.1) is 6.92 Å². The lowest BCUT2D eigenvalue weighted by molar-refractivity contribution is 0.0134. The van der Waals surface area contributed by atoms with Crippen LogP contribution in [0.1, 0.15) is 41.6 Å². The molecule has 19 heavy (non-hydrogen) atoms. The molecule has 1 saturated heterocycles. The molecule has 5 heteroatoms. The van der Waals surface area contributed by atoms with Gasteiger partial charge in [0.15, 0.2) is 0 Å². The Bertz CT molecular complexity index is 442. The molecule has 0 saturated carbocycles. The Morgan fingerprint density at radius 3 is 3.11 bits per heavy atom. The Balaban J connectivity index is 1.92. The number of carboxylic acids is 1. The van der Waals surface area contributed by atoms with Gasteiger partial charge in [0.2, 0.25) is 0 Å². The first-order chi connectivity index (χ1) is 9.18. The third-order valence-electron chi connectivity index (χ3n) is 3.41. The average Bonchev–Trinajstić information content (AvgIpc) is 2.39. The third kappa shape index (κ3) is 3.67. The van der Waals surface area contributed by atoms with Gasteiger partial charge in [-0.2, -0.15) is 0 Å². The molecule has 0 amide bonds. The van der Waals surface area contributed by atoms with Crippen molar-refractivity contribution in [3.8, 4) is 0 Å². The first-order valence-electron chi connectivity index (χ1n) is 6.73. The van der Waals surface area contributed by atoms with Crippen LogP contribution in [0.4, 0.5) is 5.82 Å². The number of hydrogen-bond donors (Lipinski definition) is 2. The van der Waals surface area contributed by atoms with Crippen molar-refractivity contribution in [1.29, 1.82) is 0 Å². The quantitative estimate of drug-likeness (QED) is 0.854. The van der Waals surface area contributed by atoms with Gasteiger partial charge in [0.05, 0.1) is 6.10 Å². The Morgan fingerprint density at radius 1 is 1.58 bits per heavy atom. The van der Waals surface area contributed by atoms with E-state index in [1.165, 1.54) is 6.42 Å². The minimum Gasteiger partial charge on any atom is -0.478 e. The summed E-state index contributed by atoms with van der Waals surface area (Å²) in [5.74, 6) is -0.495. The van der Waals surface area contributed by atoms with E-state index in [4.69, 9.17) is 4.74 Å². The number of aromatic nitrogens is 1. The summed E-state index contributed by atoms with van der Waals surface area (Å²) in [6.45, 7) is 3.30. The number of aromatic carboxylic acids is 1. The molecule has 1 aromatic heterocycles. The van der Waals surface area contributed by atoms with E-state index in [9.17, 15) is 9.90 Å². The van der Waals surface area contributed by atoms with Crippen LogP contribution in [-0.2, 0) is 4.74 Å². The summed E-state index contributed by atoms with van der Waals surface area (Å²) in [6.07, 6.45) is 6.25. The standard InChI is InChI=1S/C14H20N2O3/c1-10-5-7-15-13(12(10)14(17)18)16-8-6-11-4-2-3-9-19-11/h5,7,11H,2-4,6,8-9H2,1H3,(H,15,16)(H,17,18). The molecule has 0 bridgehead atoms. The molecule has 5 nitrogen and oxygen atoms in total. The van der Waals surface area contributed by atoms with Crippen LogP contribution in [0.2, 0.25) is 0 Å². The van der Waals surface area contributed by atoms with E-state index < -0.39 is 5.97 Å². The second kappa shape index (κ2) is 6.52. The molecule has 0 aliphatic carbocycles. The zero-order valence-corrected chi connectivity index (χ0v) is 11.2. The van der Waals surface area contributed by atoms with E-state index in [1.807, 2.05) is 0 Å². The van der Waals surface area contributed by atoms with Crippen LogP contribution in [0.5, 0.6) is 0 Å². The fourth-order valence-corrected chi connectivity index (χ4v) is 2.35. The Hall–Kier alpha value is -1.62. The van der Waals surface area contributed by atoms with Gasteiger partial charge in [0.25, 0.3) is 0 Å². The van der Waals surface area contributed by atoms with Gasteiger partial charge in [-0.3, -0.25) is 0 Å². The molecule has 2 N–H and O–H groups in total. The Labute approximate surface area is 113 Å². The predicted octanol–water partition coefficient (Wildman–Crippen LogP) is 2.46. The maximum atomic E-state index is 11.2. The van der Waals surface area contributed by atoms with Crippen LogP contribution in [0.15, 0.2) is 12.3 Å². The monoisotopic (exact) mass is 264 g/mol. The third-order valence-corrected chi connectivity index (χ3v) is 3.41. The number of nitrogens with one attached hydrogen (secondary N) is 1. The lowest BCUT2D eigenvalue weighted by atomic mass is 10.1. The number of pyridine rings is 1. The molecule has 0 aromatic carbocycles. The van der Waals surface area contributed by atoms with Crippen LogP contribution in [-0.4, -0.2) is 35.3 Å². The molecular weight excluding hydrogens is 244 g/mol. The Kier molecular flexibility index (Phi) is 4.74. The van der Waals surface area contributed by atoms with Crippen molar-refractivity contribution in [3.63, 3.8) is 0 Å². The van der Waals surface area contributed by atoms with E-state index in [0.717, 1.165) is 31.4 Å². The van der Waals surface area contributed by atoms with Crippen LogP contribution in [0.3, 0.4) is 0 Å². The van der Waals surface area contributed by atoms with Crippen molar-refractivity contribution in [2.45, 2.75) is 38.7 Å². The molecule has 0 spiro atoms. The minimum absolute atomic E-state index is 0.257. The number of anilines is 1. The number of carboxylic acid groups (broad SMARTS) is 1. The molecular formula is C14H20N2O3. The van der Waals surface area contributed by atoms with Crippen molar-refractivity contribution < 1.29 is 14.6 Å². The van der Waals surface area contributed by atoms with E-state index in [1.54, 1.807) is 19.2 Å². The highest BCUT2D eigenvalue weighted by Crippen LogP contribution is 2.18. The number of ether oxygens (including phenoxy) is 1. The van der Waals surface area contributed by atoms with Crippen molar-refractivity contribution in [1.82, 2.24) is 4.98 Å². The summed E-state index contributed by atoms with van der Waals surface area (Å²) >= 11 is 0. The number of hydrogen-bond acceptors (Lipinski definition) is 4. The molecule has 104 valence electrons. The number of aryl methyl sites for hydroxylation is 1. The summed E-state index contributed by atoms with van der Waals surface area (Å²) in [6, 6.07) is 1.71. The average molecular weight is 264 g/mol. The summed E-state index contributed by atoms with van der Waals surface area (Å²) in [5.41, 5.74) is 0.978. The van der Waals surface area contributed by atoms with Crippen molar-refractivity contribution in [2.75, 3.05) is 18.5 Å². The lowest BCUT2D eigenvalue weighted by Gasteiger charge is -2.22. The van der Waals surface area contributed by atoms with Gasteiger partial charge in [0, 0.05) is 19.3 Å². The molecule has 1 aliphatic rings. The zero-order chi connectivity index (χ0) is 13.7. The van der Waals surface area contributed by atoms with Gasteiger partial charge in [-0.1, -0.05) is 0 Å². The second-order valence-electron chi connectivity index (χ2n) is 4.86. The maximum Gasteiger partial charge on any atom is 0.339 e. The molecule has 1 unspecified atom stereocenters. The topological polar surface area (TPSA) is 71.5 Å². The van der Waals surface area contributed by atoms with Gasteiger partial charge in [0.1, 0.15) is 11.4 Å². The smallest absolute Gasteiger partial charge is 0.339 e. The highest BCUT2D eigenvalue weighted by atomic mass is 16.5. The van der Waals surface area contributed by atoms with Crippen LogP contribution in [0.25, 0.3) is 0 Å². The fourth-order valence-electron chi connectivity index (χ4n) is 2.35. The summed E-state index contributed by atoms with van der Waals surface area (Å²) < 4.78 is 5.64. The second-order valence-corrected chi connectivity index (χ2v) is 4.86. The summed E-state index contributed by atoms with van der Waals surface area (Å²) in [5, 5.41) is 12.3. The minimum atomic E-state index is -0.943. The largest absolute Gasteiger partial charge is 0.478 e. The molecule has 2 heterocycles. The number of carbonyl (C=O) groups is 1. The predicted molar refractivity (Wildman–Crippen MR) is 72.6 cm³/mol. The van der Waals surface area contributed by atoms with Crippen LogP contribution >= 0.6 is 0 Å². The summed E-state index contributed by atoms with van der Waals surface area (Å²) in [7, 11) is 0. The lowest BCUT2D eigenvalue weighted by Crippen LogP contribution is -2.22.